The number of anilines is 3. The fraction of sp³-hybridized carbons (Fsp3) is 0.458. The molecule has 0 atom stereocenters. The van der Waals surface area contributed by atoms with Crippen LogP contribution in [0.5, 0.6) is 0 Å². The molecule has 37 heavy (non-hydrogen) atoms. The van der Waals surface area contributed by atoms with Gasteiger partial charge in [-0.3, -0.25) is 9.36 Å². The number of fused-ring (bicyclic) bond motifs is 1. The van der Waals surface area contributed by atoms with Gasteiger partial charge in [0, 0.05) is 30.3 Å². The van der Waals surface area contributed by atoms with Crippen molar-refractivity contribution < 1.29 is 13.6 Å². The van der Waals surface area contributed by atoms with Crippen LogP contribution >= 0.6 is 23.2 Å². The number of alkyl halides is 2. The van der Waals surface area contributed by atoms with Crippen molar-refractivity contribution in [1.29, 1.82) is 5.26 Å². The van der Waals surface area contributed by atoms with Crippen molar-refractivity contribution in [3.63, 3.8) is 0 Å². The average molecular weight is 549 g/mol. The fourth-order valence-electron chi connectivity index (χ4n) is 4.95. The van der Waals surface area contributed by atoms with E-state index in [-0.39, 0.29) is 40.8 Å². The van der Waals surface area contributed by atoms with Crippen LogP contribution in [0.3, 0.4) is 0 Å². The predicted molar refractivity (Wildman–Crippen MR) is 136 cm³/mol. The first-order valence-electron chi connectivity index (χ1n) is 11.8. The normalized spacial score (nSPS) is 23.3. The molecule has 1 aromatic carbocycles. The molecule has 3 aromatic rings. The number of amides is 1. The number of nitrogens with zero attached hydrogens (tertiary/aromatic N) is 5. The van der Waals surface area contributed by atoms with Crippen molar-refractivity contribution in [2.24, 2.45) is 11.1 Å². The van der Waals surface area contributed by atoms with Crippen LogP contribution in [0.4, 0.5) is 26.4 Å². The van der Waals surface area contributed by atoms with Crippen LogP contribution in [0.2, 0.25) is 10.0 Å². The lowest BCUT2D eigenvalue weighted by Gasteiger charge is -2.36. The fourth-order valence-corrected chi connectivity index (χ4v) is 5.54. The number of hydrogen-bond donors (Lipinski definition) is 3. The number of carbonyl (C=O) groups is 1. The topological polar surface area (TPSA) is 135 Å². The molecule has 2 saturated carbocycles. The third-order valence-electron chi connectivity index (χ3n) is 7.28. The van der Waals surface area contributed by atoms with E-state index in [1.54, 1.807) is 0 Å². The van der Waals surface area contributed by atoms with Crippen LogP contribution < -0.4 is 16.4 Å². The Bertz CT molecular complexity index is 1400. The van der Waals surface area contributed by atoms with E-state index in [0.29, 0.717) is 54.0 Å². The number of rotatable bonds is 6. The van der Waals surface area contributed by atoms with Gasteiger partial charge < -0.3 is 16.4 Å². The maximum atomic E-state index is 13.3. The summed E-state index contributed by atoms with van der Waals surface area (Å²) in [6, 6.07) is 4.50. The lowest BCUT2D eigenvalue weighted by molar-refractivity contribution is -0.128. The molecule has 0 radical (unpaired) electrons. The Labute approximate surface area is 221 Å². The second-order valence-electron chi connectivity index (χ2n) is 10.0. The Hall–Kier alpha value is -3.23. The van der Waals surface area contributed by atoms with Gasteiger partial charge in [-0.1, -0.05) is 30.1 Å². The van der Waals surface area contributed by atoms with Gasteiger partial charge in [-0.05, 0) is 37.8 Å². The molecular formula is C24H24Cl2F2N8O. The Balaban J connectivity index is 1.53. The van der Waals surface area contributed by atoms with E-state index < -0.39 is 17.4 Å². The van der Waals surface area contributed by atoms with Crippen LogP contribution in [0, 0.1) is 16.7 Å². The minimum Gasteiger partial charge on any atom is -0.369 e. The number of carbonyl (C=O) groups excluding carboxylic acids is 1. The zero-order valence-electron chi connectivity index (χ0n) is 19.9. The second-order valence-corrected chi connectivity index (χ2v) is 10.8. The minimum absolute atomic E-state index is 0.0911. The first-order valence-corrected chi connectivity index (χ1v) is 12.6. The highest BCUT2D eigenvalue weighted by Crippen LogP contribution is 2.44. The third kappa shape index (κ3) is 4.88. The molecule has 2 heterocycles. The Morgan fingerprint density at radius 3 is 2.43 bits per heavy atom. The second kappa shape index (κ2) is 9.26. The van der Waals surface area contributed by atoms with Crippen molar-refractivity contribution in [2.75, 3.05) is 10.6 Å². The number of halogens is 4. The minimum atomic E-state index is -2.67. The monoisotopic (exact) mass is 548 g/mol. The number of hydrogen-bond acceptors (Lipinski definition) is 7. The zero-order valence-corrected chi connectivity index (χ0v) is 21.4. The molecule has 0 spiro atoms. The van der Waals surface area contributed by atoms with Gasteiger partial charge in [0.2, 0.25) is 17.8 Å². The Morgan fingerprint density at radius 1 is 1.22 bits per heavy atom. The zero-order chi connectivity index (χ0) is 26.5. The van der Waals surface area contributed by atoms with Gasteiger partial charge in [0.05, 0.1) is 33.6 Å². The van der Waals surface area contributed by atoms with Crippen molar-refractivity contribution >= 4 is 57.9 Å². The quantitative estimate of drug-likeness (QED) is 0.366. The predicted octanol–water partition coefficient (Wildman–Crippen LogP) is 5.56. The molecular weight excluding hydrogens is 525 g/mol. The van der Waals surface area contributed by atoms with E-state index in [1.807, 2.05) is 17.6 Å². The molecule has 0 aliphatic heterocycles. The molecule has 194 valence electrons. The standard InChI is InChI=1S/C24H24Cl2F2N8O/c1-23(20(30)37)4-2-14(3-5-23)36-19-17(11-31-21(35-19)32-13-8-24(27,28)9-13)33-22(36)34-18-15(25)6-12(10-29)7-16(18)26/h6-7,11,13-14H,2-5,8-9H2,1H3,(H2,30,37)(H,33,34)(H,31,32,35)/t14-,23-. The van der Waals surface area contributed by atoms with Gasteiger partial charge in [0.25, 0.3) is 5.92 Å². The van der Waals surface area contributed by atoms with Gasteiger partial charge in [-0.2, -0.15) is 10.2 Å². The summed E-state index contributed by atoms with van der Waals surface area (Å²) in [6.07, 6.45) is 3.41. The lowest BCUT2D eigenvalue weighted by atomic mass is 9.73. The van der Waals surface area contributed by atoms with Crippen LogP contribution in [-0.4, -0.2) is 37.4 Å². The first-order chi connectivity index (χ1) is 17.5. The largest absolute Gasteiger partial charge is 0.369 e. The van der Waals surface area contributed by atoms with E-state index in [9.17, 15) is 18.8 Å². The first kappa shape index (κ1) is 25.4. The number of imidazole rings is 1. The molecule has 2 aliphatic rings. The van der Waals surface area contributed by atoms with Crippen molar-refractivity contribution in [1.82, 2.24) is 19.5 Å². The molecule has 9 nitrogen and oxygen atoms in total. The van der Waals surface area contributed by atoms with E-state index in [2.05, 4.69) is 25.6 Å². The summed E-state index contributed by atoms with van der Waals surface area (Å²) in [6.45, 7) is 1.87. The molecule has 0 saturated heterocycles. The van der Waals surface area contributed by atoms with Gasteiger partial charge in [-0.15, -0.1) is 0 Å². The molecule has 2 aromatic heterocycles. The maximum absolute atomic E-state index is 13.3. The number of nitrogens with two attached hydrogens (primary N) is 1. The summed E-state index contributed by atoms with van der Waals surface area (Å²) in [4.78, 5) is 25.5. The maximum Gasteiger partial charge on any atom is 0.252 e. The van der Waals surface area contributed by atoms with E-state index in [0.717, 1.165) is 0 Å². The number of benzene rings is 1. The summed E-state index contributed by atoms with van der Waals surface area (Å²) < 4.78 is 28.5. The van der Waals surface area contributed by atoms with Crippen LogP contribution in [-0.2, 0) is 4.79 Å². The molecule has 0 unspecified atom stereocenters. The Kier molecular flexibility index (Phi) is 6.36. The summed E-state index contributed by atoms with van der Waals surface area (Å²) in [5.41, 5.74) is 6.72. The smallest absolute Gasteiger partial charge is 0.252 e. The molecule has 1 amide bonds. The van der Waals surface area contributed by atoms with Crippen molar-refractivity contribution in [3.05, 3.63) is 33.9 Å². The number of nitriles is 1. The number of aromatic nitrogens is 4. The lowest BCUT2D eigenvalue weighted by Crippen LogP contribution is -2.44. The van der Waals surface area contributed by atoms with Crippen LogP contribution in [0.1, 0.15) is 57.1 Å². The summed E-state index contributed by atoms with van der Waals surface area (Å²) in [5, 5.41) is 15.8. The van der Waals surface area contributed by atoms with Gasteiger partial charge in [-0.25, -0.2) is 18.7 Å². The van der Waals surface area contributed by atoms with Gasteiger partial charge >= 0.3 is 0 Å². The van der Waals surface area contributed by atoms with Gasteiger partial charge in [0.15, 0.2) is 5.65 Å². The molecule has 2 aliphatic carbocycles. The van der Waals surface area contributed by atoms with Crippen LogP contribution in [0.25, 0.3) is 11.2 Å². The molecule has 4 N–H and O–H groups in total. The molecule has 2 fully saturated rings. The highest BCUT2D eigenvalue weighted by atomic mass is 35.5. The van der Waals surface area contributed by atoms with E-state index >= 15 is 0 Å². The van der Waals surface area contributed by atoms with Gasteiger partial charge in [0.1, 0.15) is 5.52 Å². The summed E-state index contributed by atoms with van der Waals surface area (Å²) in [5.74, 6) is -2.37. The van der Waals surface area contributed by atoms with Crippen LogP contribution in [0.15, 0.2) is 18.3 Å². The van der Waals surface area contributed by atoms with E-state index in [4.69, 9.17) is 28.9 Å². The summed E-state index contributed by atoms with van der Waals surface area (Å²) in [7, 11) is 0. The highest BCUT2D eigenvalue weighted by Gasteiger charge is 2.45. The molecule has 13 heteroatoms. The average Bonchev–Trinajstić information content (AvgIpc) is 3.17. The molecule has 5 rings (SSSR count). The third-order valence-corrected chi connectivity index (χ3v) is 7.88. The van der Waals surface area contributed by atoms with Crippen molar-refractivity contribution in [2.45, 2.75) is 63.5 Å². The van der Waals surface area contributed by atoms with E-state index in [1.165, 1.54) is 18.3 Å². The number of primary amides is 1. The number of nitrogens with one attached hydrogen (secondary N) is 2. The van der Waals surface area contributed by atoms with Crippen molar-refractivity contribution in [3.8, 4) is 6.07 Å². The Morgan fingerprint density at radius 2 is 1.86 bits per heavy atom. The highest BCUT2D eigenvalue weighted by molar-refractivity contribution is 6.39. The summed E-state index contributed by atoms with van der Waals surface area (Å²) >= 11 is 12.8. The molecule has 0 bridgehead atoms. The SMILES string of the molecule is C[C@]1(C(N)=O)CC[C@H](n2c(Nc3c(Cl)cc(C#N)cc3Cl)nc3cnc(NC4CC(F)(F)C4)nc32)CC1.